The van der Waals surface area contributed by atoms with E-state index in [1.807, 2.05) is 0 Å². The van der Waals surface area contributed by atoms with Gasteiger partial charge in [-0.2, -0.15) is 5.26 Å². The number of benzene rings is 1. The summed E-state index contributed by atoms with van der Waals surface area (Å²) in [6, 6.07) is 4.23. The summed E-state index contributed by atoms with van der Waals surface area (Å²) in [5.41, 5.74) is -0.247. The highest BCUT2D eigenvalue weighted by Gasteiger charge is 2.11. The van der Waals surface area contributed by atoms with E-state index in [9.17, 15) is 13.6 Å². The average Bonchev–Trinajstić information content (AvgIpc) is 2.04. The molecule has 0 bridgehead atoms. The lowest BCUT2D eigenvalue weighted by Crippen LogP contribution is -2.01. The van der Waals surface area contributed by atoms with Crippen molar-refractivity contribution in [3.05, 3.63) is 35.4 Å². The molecule has 0 fully saturated rings. The van der Waals surface area contributed by atoms with Gasteiger partial charge < -0.3 is 0 Å². The van der Waals surface area contributed by atoms with Crippen LogP contribution in [0.2, 0.25) is 0 Å². The number of ketones is 1. The lowest BCUT2D eigenvalue weighted by molar-refractivity contribution is 0.0994. The summed E-state index contributed by atoms with van der Waals surface area (Å²) in [5.74, 6) is -2.31. The predicted octanol–water partition coefficient (Wildman–Crippen LogP) is 2.06. The molecule has 2 nitrogen and oxygen atoms in total. The van der Waals surface area contributed by atoms with E-state index in [1.165, 1.54) is 0 Å². The van der Waals surface area contributed by atoms with E-state index in [4.69, 9.17) is 5.26 Å². The lowest BCUT2D eigenvalue weighted by atomic mass is 10.1. The molecular formula is C9H5F2NO. The highest BCUT2D eigenvalue weighted by atomic mass is 19.1. The topological polar surface area (TPSA) is 40.9 Å². The second-order valence-corrected chi connectivity index (χ2v) is 2.38. The first kappa shape index (κ1) is 9.33. The zero-order valence-electron chi connectivity index (χ0n) is 6.55. The van der Waals surface area contributed by atoms with Crippen LogP contribution in [0.4, 0.5) is 8.78 Å². The van der Waals surface area contributed by atoms with Gasteiger partial charge in [0.2, 0.25) is 0 Å². The van der Waals surface area contributed by atoms with Crippen molar-refractivity contribution in [1.82, 2.24) is 0 Å². The minimum Gasteiger partial charge on any atom is -0.293 e. The molecule has 1 aromatic carbocycles. The largest absolute Gasteiger partial charge is 0.293 e. The molecule has 0 amide bonds. The molecule has 4 heteroatoms. The van der Waals surface area contributed by atoms with E-state index in [2.05, 4.69) is 0 Å². The van der Waals surface area contributed by atoms with Gasteiger partial charge in [0.15, 0.2) is 5.78 Å². The molecule has 0 aliphatic carbocycles. The van der Waals surface area contributed by atoms with Crippen LogP contribution in [0.25, 0.3) is 0 Å². The van der Waals surface area contributed by atoms with Gasteiger partial charge in [-0.25, -0.2) is 8.78 Å². The zero-order chi connectivity index (χ0) is 9.84. The minimum atomic E-state index is -0.930. The number of carbonyl (C=O) groups excluding carboxylic acids is 1. The van der Waals surface area contributed by atoms with Crippen LogP contribution in [-0.4, -0.2) is 5.78 Å². The molecule has 0 saturated carbocycles. The number of carbonyl (C=O) groups is 1. The van der Waals surface area contributed by atoms with Crippen LogP contribution >= 0.6 is 0 Å². The van der Waals surface area contributed by atoms with Gasteiger partial charge in [-0.15, -0.1) is 0 Å². The maximum atomic E-state index is 12.9. The molecule has 13 heavy (non-hydrogen) atoms. The van der Waals surface area contributed by atoms with Gasteiger partial charge in [0.05, 0.1) is 18.1 Å². The maximum Gasteiger partial charge on any atom is 0.179 e. The third-order valence-corrected chi connectivity index (χ3v) is 1.47. The Morgan fingerprint density at radius 3 is 2.69 bits per heavy atom. The summed E-state index contributed by atoms with van der Waals surface area (Å²) in [6.45, 7) is 0. The van der Waals surface area contributed by atoms with Crippen LogP contribution in [0.3, 0.4) is 0 Å². The first-order chi connectivity index (χ1) is 6.15. The van der Waals surface area contributed by atoms with E-state index in [-0.39, 0.29) is 5.56 Å². The minimum absolute atomic E-state index is 0.247. The Kier molecular flexibility index (Phi) is 2.70. The molecule has 0 aliphatic rings. The van der Waals surface area contributed by atoms with Crippen molar-refractivity contribution in [2.45, 2.75) is 6.42 Å². The Labute approximate surface area is 73.4 Å². The van der Waals surface area contributed by atoms with Crippen LogP contribution in [0.5, 0.6) is 0 Å². The summed E-state index contributed by atoms with van der Waals surface area (Å²) in [5, 5.41) is 8.18. The first-order valence-corrected chi connectivity index (χ1v) is 3.50. The second kappa shape index (κ2) is 3.76. The van der Waals surface area contributed by atoms with E-state index in [0.717, 1.165) is 12.1 Å². The Hall–Kier alpha value is -1.76. The van der Waals surface area contributed by atoms with Crippen molar-refractivity contribution < 1.29 is 13.6 Å². The van der Waals surface area contributed by atoms with Crippen LogP contribution in [0.15, 0.2) is 18.2 Å². The third-order valence-electron chi connectivity index (χ3n) is 1.47. The Bertz CT molecular complexity index is 382. The van der Waals surface area contributed by atoms with Crippen molar-refractivity contribution >= 4 is 5.78 Å². The lowest BCUT2D eigenvalue weighted by Gasteiger charge is -1.97. The van der Waals surface area contributed by atoms with Gasteiger partial charge in [-0.3, -0.25) is 4.79 Å². The predicted molar refractivity (Wildman–Crippen MR) is 40.9 cm³/mol. The molecule has 0 radical (unpaired) electrons. The van der Waals surface area contributed by atoms with Gasteiger partial charge >= 0.3 is 0 Å². The van der Waals surface area contributed by atoms with Gasteiger partial charge in [0.1, 0.15) is 11.6 Å². The van der Waals surface area contributed by atoms with Crippen LogP contribution in [0, 0.1) is 23.0 Å². The molecule has 0 unspecified atom stereocenters. The summed E-state index contributed by atoms with van der Waals surface area (Å²) in [4.78, 5) is 11.0. The molecule has 0 heterocycles. The van der Waals surface area contributed by atoms with Gasteiger partial charge in [-0.1, -0.05) is 0 Å². The first-order valence-electron chi connectivity index (χ1n) is 3.50. The van der Waals surface area contributed by atoms with E-state index in [1.54, 1.807) is 6.07 Å². The quantitative estimate of drug-likeness (QED) is 0.655. The smallest absolute Gasteiger partial charge is 0.179 e. The van der Waals surface area contributed by atoms with E-state index in [0.29, 0.717) is 6.07 Å². The number of nitrogens with zero attached hydrogens (tertiary/aromatic N) is 1. The molecule has 66 valence electrons. The number of hydrogen-bond acceptors (Lipinski definition) is 2. The normalized spacial score (nSPS) is 9.31. The molecule has 1 aromatic rings. The van der Waals surface area contributed by atoms with Gasteiger partial charge in [0, 0.05) is 6.07 Å². The number of halogens is 2. The molecule has 1 rings (SSSR count). The maximum absolute atomic E-state index is 12.9. The van der Waals surface area contributed by atoms with E-state index >= 15 is 0 Å². The Morgan fingerprint density at radius 1 is 1.46 bits per heavy atom. The fourth-order valence-electron chi connectivity index (χ4n) is 0.883. The molecule has 0 aliphatic heterocycles. The monoisotopic (exact) mass is 181 g/mol. The second-order valence-electron chi connectivity index (χ2n) is 2.38. The Balaban J connectivity index is 3.03. The van der Waals surface area contributed by atoms with Crippen LogP contribution in [-0.2, 0) is 0 Å². The summed E-state index contributed by atoms with van der Waals surface area (Å²) >= 11 is 0. The standard InChI is InChI=1S/C9H5F2NO/c10-6-1-2-7(8(11)5-6)9(13)3-4-12/h1-2,5H,3H2. The fraction of sp³-hybridized carbons (Fsp3) is 0.111. The van der Waals surface area contributed by atoms with Gasteiger partial charge in [0.25, 0.3) is 0 Å². The number of hydrogen-bond donors (Lipinski definition) is 0. The number of rotatable bonds is 2. The van der Waals surface area contributed by atoms with Crippen molar-refractivity contribution in [1.29, 1.82) is 5.26 Å². The van der Waals surface area contributed by atoms with Crippen LogP contribution < -0.4 is 0 Å². The highest BCUT2D eigenvalue weighted by molar-refractivity contribution is 5.97. The molecule has 0 spiro atoms. The summed E-state index contributed by atoms with van der Waals surface area (Å²) in [6.07, 6.45) is -0.400. The molecule has 0 saturated heterocycles. The average molecular weight is 181 g/mol. The highest BCUT2D eigenvalue weighted by Crippen LogP contribution is 2.11. The number of nitriles is 1. The van der Waals surface area contributed by atoms with Crippen molar-refractivity contribution in [3.8, 4) is 6.07 Å². The number of Topliss-reactive ketones (excluding diaryl/α,β-unsaturated/α-hetero) is 1. The van der Waals surface area contributed by atoms with Crippen molar-refractivity contribution in [2.75, 3.05) is 0 Å². The Morgan fingerprint density at radius 2 is 2.15 bits per heavy atom. The zero-order valence-corrected chi connectivity index (χ0v) is 6.55. The van der Waals surface area contributed by atoms with Crippen LogP contribution in [0.1, 0.15) is 16.8 Å². The van der Waals surface area contributed by atoms with Crippen molar-refractivity contribution in [2.24, 2.45) is 0 Å². The molecule has 0 N–H and O–H groups in total. The summed E-state index contributed by atoms with van der Waals surface area (Å²) in [7, 11) is 0. The summed E-state index contributed by atoms with van der Waals surface area (Å²) < 4.78 is 25.2. The molecular weight excluding hydrogens is 176 g/mol. The molecule has 0 atom stereocenters. The molecule has 0 aromatic heterocycles. The fourth-order valence-corrected chi connectivity index (χ4v) is 0.883. The van der Waals surface area contributed by atoms with Gasteiger partial charge in [-0.05, 0) is 12.1 Å². The van der Waals surface area contributed by atoms with E-state index < -0.39 is 23.8 Å². The SMILES string of the molecule is N#CCC(=O)c1ccc(F)cc1F. The third kappa shape index (κ3) is 2.09. The van der Waals surface area contributed by atoms with Crippen molar-refractivity contribution in [3.63, 3.8) is 0 Å².